The summed E-state index contributed by atoms with van der Waals surface area (Å²) in [5, 5.41) is 4.25. The molecule has 1 aromatic carbocycles. The molecule has 0 radical (unpaired) electrons. The van der Waals surface area contributed by atoms with E-state index < -0.39 is 0 Å². The van der Waals surface area contributed by atoms with Gasteiger partial charge in [0.2, 0.25) is 5.95 Å². The molecule has 1 heterocycles. The zero-order valence-electron chi connectivity index (χ0n) is 9.62. The molecule has 2 aromatic rings. The minimum absolute atomic E-state index is 0.691. The van der Waals surface area contributed by atoms with Crippen molar-refractivity contribution >= 4 is 22.7 Å². The Balaban J connectivity index is 2.13. The second kappa shape index (κ2) is 4.79. The van der Waals surface area contributed by atoms with E-state index in [9.17, 15) is 0 Å². The van der Waals surface area contributed by atoms with Crippen molar-refractivity contribution in [1.29, 1.82) is 0 Å². The summed E-state index contributed by atoms with van der Waals surface area (Å²) in [5.41, 5.74) is 6.00. The Kier molecular flexibility index (Phi) is 3.19. The lowest BCUT2D eigenvalue weighted by Crippen LogP contribution is -1.97. The summed E-state index contributed by atoms with van der Waals surface area (Å²) in [5.74, 6) is 0.691. The highest BCUT2D eigenvalue weighted by atomic mass is 15.4. The molecule has 4 nitrogen and oxygen atoms in total. The van der Waals surface area contributed by atoms with E-state index in [0.29, 0.717) is 5.95 Å². The van der Waals surface area contributed by atoms with E-state index >= 15 is 0 Å². The third kappa shape index (κ3) is 2.39. The number of aromatic nitrogens is 2. The van der Waals surface area contributed by atoms with Gasteiger partial charge in [-0.1, -0.05) is 25.5 Å². The Morgan fingerprint density at radius 2 is 2.25 bits per heavy atom. The number of hydrogen-bond acceptors (Lipinski definition) is 3. The first kappa shape index (κ1) is 10.7. The van der Waals surface area contributed by atoms with Gasteiger partial charge in [-0.2, -0.15) is 5.10 Å². The van der Waals surface area contributed by atoms with Crippen LogP contribution in [0, 0.1) is 0 Å². The molecule has 0 saturated carbocycles. The Bertz CT molecular complexity index is 465. The number of aromatic amines is 1. The molecule has 16 heavy (non-hydrogen) atoms. The summed E-state index contributed by atoms with van der Waals surface area (Å²) in [7, 11) is 0. The van der Waals surface area contributed by atoms with Gasteiger partial charge in [-0.05, 0) is 25.5 Å². The Hall–Kier alpha value is -1.84. The number of fused-ring (bicyclic) bond motifs is 1. The number of nitrogens with zero attached hydrogens (tertiary/aromatic N) is 2. The largest absolute Gasteiger partial charge is 0.323 e. The molecule has 84 valence electrons. The zero-order valence-corrected chi connectivity index (χ0v) is 9.62. The highest BCUT2D eigenvalue weighted by molar-refractivity contribution is 5.82. The highest BCUT2D eigenvalue weighted by Gasteiger charge is 1.99. The molecule has 0 unspecified atom stereocenters. The van der Waals surface area contributed by atoms with Gasteiger partial charge in [0.25, 0.3) is 0 Å². The van der Waals surface area contributed by atoms with Crippen molar-refractivity contribution in [3.05, 3.63) is 24.3 Å². The van der Waals surface area contributed by atoms with Gasteiger partial charge in [-0.15, -0.1) is 0 Å². The lowest BCUT2D eigenvalue weighted by Gasteiger charge is -1.97. The Morgan fingerprint density at radius 1 is 1.44 bits per heavy atom. The van der Waals surface area contributed by atoms with E-state index in [-0.39, 0.29) is 0 Å². The number of H-pyrrole nitrogens is 1. The molecule has 0 aliphatic carbocycles. The van der Waals surface area contributed by atoms with Crippen molar-refractivity contribution in [2.75, 3.05) is 5.43 Å². The summed E-state index contributed by atoms with van der Waals surface area (Å²) >= 11 is 0. The van der Waals surface area contributed by atoms with Gasteiger partial charge >= 0.3 is 0 Å². The average molecular weight is 216 g/mol. The lowest BCUT2D eigenvalue weighted by atomic mass is 10.2. The van der Waals surface area contributed by atoms with Crippen molar-refractivity contribution in [3.63, 3.8) is 0 Å². The standard InChI is InChI=1S/C12H16N4/c1-3-6-9(2)15-16-12-13-10-7-4-5-8-11(10)14-12/h4-5,7-8H,3,6H2,1-2H3,(H2,13,14,16)/b15-9-. The molecule has 1 aromatic heterocycles. The molecule has 0 saturated heterocycles. The third-order valence-electron chi connectivity index (χ3n) is 2.35. The maximum Gasteiger partial charge on any atom is 0.222 e. The van der Waals surface area contributed by atoms with E-state index in [2.05, 4.69) is 27.4 Å². The maximum atomic E-state index is 4.37. The summed E-state index contributed by atoms with van der Waals surface area (Å²) < 4.78 is 0. The minimum Gasteiger partial charge on any atom is -0.323 e. The Morgan fingerprint density at radius 3 is 3.00 bits per heavy atom. The van der Waals surface area contributed by atoms with Gasteiger partial charge in [-0.3, -0.25) is 0 Å². The first-order valence-electron chi connectivity index (χ1n) is 5.53. The fourth-order valence-electron chi connectivity index (χ4n) is 1.57. The summed E-state index contributed by atoms with van der Waals surface area (Å²) in [6.07, 6.45) is 2.12. The van der Waals surface area contributed by atoms with Gasteiger partial charge < -0.3 is 4.98 Å². The summed E-state index contributed by atoms with van der Waals surface area (Å²) in [4.78, 5) is 7.53. The second-order valence-corrected chi connectivity index (χ2v) is 3.81. The van der Waals surface area contributed by atoms with Crippen LogP contribution in [0.5, 0.6) is 0 Å². The maximum absolute atomic E-state index is 4.37. The predicted octanol–water partition coefficient (Wildman–Crippen LogP) is 3.15. The molecular weight excluding hydrogens is 200 g/mol. The van der Waals surface area contributed by atoms with Crippen LogP contribution < -0.4 is 5.43 Å². The minimum atomic E-state index is 0.691. The van der Waals surface area contributed by atoms with Crippen LogP contribution >= 0.6 is 0 Å². The van der Waals surface area contributed by atoms with Crippen molar-refractivity contribution < 1.29 is 0 Å². The van der Waals surface area contributed by atoms with Crippen LogP contribution in [0.1, 0.15) is 26.7 Å². The van der Waals surface area contributed by atoms with Gasteiger partial charge in [0.05, 0.1) is 11.0 Å². The first-order chi connectivity index (χ1) is 7.79. The van der Waals surface area contributed by atoms with Gasteiger partial charge in [-0.25, -0.2) is 10.4 Å². The van der Waals surface area contributed by atoms with Crippen LogP contribution in [0.4, 0.5) is 5.95 Å². The van der Waals surface area contributed by atoms with Crippen molar-refractivity contribution in [2.45, 2.75) is 26.7 Å². The molecule has 0 amide bonds. The number of hydrogen-bond donors (Lipinski definition) is 2. The van der Waals surface area contributed by atoms with E-state index in [0.717, 1.165) is 29.6 Å². The lowest BCUT2D eigenvalue weighted by molar-refractivity contribution is 0.981. The van der Waals surface area contributed by atoms with Crippen molar-refractivity contribution in [1.82, 2.24) is 9.97 Å². The third-order valence-corrected chi connectivity index (χ3v) is 2.35. The fourth-order valence-corrected chi connectivity index (χ4v) is 1.57. The molecule has 4 heteroatoms. The quantitative estimate of drug-likeness (QED) is 0.609. The van der Waals surface area contributed by atoms with E-state index in [1.54, 1.807) is 0 Å². The molecule has 2 N–H and O–H groups in total. The monoisotopic (exact) mass is 216 g/mol. The second-order valence-electron chi connectivity index (χ2n) is 3.81. The number of nitrogens with one attached hydrogen (secondary N) is 2. The highest BCUT2D eigenvalue weighted by Crippen LogP contribution is 2.13. The van der Waals surface area contributed by atoms with E-state index in [4.69, 9.17) is 0 Å². The predicted molar refractivity (Wildman–Crippen MR) is 67.7 cm³/mol. The van der Waals surface area contributed by atoms with Crippen LogP contribution in [-0.2, 0) is 0 Å². The Labute approximate surface area is 94.8 Å². The molecule has 0 atom stereocenters. The van der Waals surface area contributed by atoms with E-state index in [1.807, 2.05) is 31.2 Å². The van der Waals surface area contributed by atoms with Gasteiger partial charge in [0.1, 0.15) is 0 Å². The molecule has 0 aliphatic rings. The topological polar surface area (TPSA) is 53.1 Å². The number of para-hydroxylation sites is 2. The molecule has 0 bridgehead atoms. The molecule has 0 aliphatic heterocycles. The van der Waals surface area contributed by atoms with Crippen molar-refractivity contribution in [2.24, 2.45) is 5.10 Å². The molecule has 2 rings (SSSR count). The number of hydrazone groups is 1. The van der Waals surface area contributed by atoms with Crippen LogP contribution in [-0.4, -0.2) is 15.7 Å². The summed E-state index contributed by atoms with van der Waals surface area (Å²) in [6, 6.07) is 7.92. The summed E-state index contributed by atoms with van der Waals surface area (Å²) in [6.45, 7) is 4.15. The number of imidazole rings is 1. The fraction of sp³-hybridized carbons (Fsp3) is 0.333. The molecule has 0 spiro atoms. The average Bonchev–Trinajstić information content (AvgIpc) is 2.69. The van der Waals surface area contributed by atoms with Crippen molar-refractivity contribution in [3.8, 4) is 0 Å². The van der Waals surface area contributed by atoms with E-state index in [1.165, 1.54) is 0 Å². The van der Waals surface area contributed by atoms with Crippen LogP contribution in [0.3, 0.4) is 0 Å². The first-order valence-corrected chi connectivity index (χ1v) is 5.53. The smallest absolute Gasteiger partial charge is 0.222 e. The molecule has 0 fully saturated rings. The van der Waals surface area contributed by atoms with Gasteiger partial charge in [0, 0.05) is 5.71 Å². The molecular formula is C12H16N4. The number of anilines is 1. The number of rotatable bonds is 4. The van der Waals surface area contributed by atoms with Crippen LogP contribution in [0.2, 0.25) is 0 Å². The van der Waals surface area contributed by atoms with Crippen LogP contribution in [0.25, 0.3) is 11.0 Å². The van der Waals surface area contributed by atoms with Crippen LogP contribution in [0.15, 0.2) is 29.4 Å². The number of benzene rings is 1. The normalized spacial score (nSPS) is 12.0. The van der Waals surface area contributed by atoms with Gasteiger partial charge in [0.15, 0.2) is 0 Å². The zero-order chi connectivity index (χ0) is 11.4. The SMILES string of the molecule is CCC/C(C)=N\Nc1nc2ccccc2[nH]1.